The van der Waals surface area contributed by atoms with Crippen LogP contribution in [0, 0.1) is 0 Å². The summed E-state index contributed by atoms with van der Waals surface area (Å²) < 4.78 is 11.4. The van der Waals surface area contributed by atoms with Gasteiger partial charge in [-0.15, -0.1) is 0 Å². The first-order valence-electron chi connectivity index (χ1n) is 6.79. The number of para-hydroxylation sites is 2. The van der Waals surface area contributed by atoms with E-state index in [1.807, 2.05) is 38.1 Å². The van der Waals surface area contributed by atoms with E-state index in [0.717, 1.165) is 25.0 Å². The molecule has 1 aromatic carbocycles. The summed E-state index contributed by atoms with van der Waals surface area (Å²) in [6.07, 6.45) is 1.90. The van der Waals surface area contributed by atoms with Gasteiger partial charge in [-0.2, -0.15) is 0 Å². The molecule has 0 aliphatic carbocycles. The third-order valence-electron chi connectivity index (χ3n) is 2.84. The first-order chi connectivity index (χ1) is 8.72. The third-order valence-corrected chi connectivity index (χ3v) is 2.84. The summed E-state index contributed by atoms with van der Waals surface area (Å²) in [4.78, 5) is 0. The van der Waals surface area contributed by atoms with E-state index in [-0.39, 0.29) is 6.10 Å². The molecule has 1 aromatic rings. The average Bonchev–Trinajstić information content (AvgIpc) is 2.38. The highest BCUT2D eigenvalue weighted by molar-refractivity contribution is 5.39. The third kappa shape index (κ3) is 4.22. The summed E-state index contributed by atoms with van der Waals surface area (Å²) in [6.45, 7) is 6.63. The van der Waals surface area contributed by atoms with Gasteiger partial charge in [-0.3, -0.25) is 0 Å². The molecule has 3 heteroatoms. The minimum atomic E-state index is -0.422. The molecule has 2 atom stereocenters. The molecule has 0 spiro atoms. The zero-order valence-corrected chi connectivity index (χ0v) is 11.6. The first kappa shape index (κ1) is 14.8. The lowest BCUT2D eigenvalue weighted by atomic mass is 10.1. The van der Waals surface area contributed by atoms with Crippen molar-refractivity contribution in [3.63, 3.8) is 0 Å². The summed E-state index contributed by atoms with van der Waals surface area (Å²) in [7, 11) is 0. The Morgan fingerprint density at radius 1 is 1.11 bits per heavy atom. The van der Waals surface area contributed by atoms with Crippen molar-refractivity contribution in [2.75, 3.05) is 6.61 Å². The monoisotopic (exact) mass is 252 g/mol. The molecule has 102 valence electrons. The standard InChI is InChI=1S/C15H24O3/c1-4-9-12(16)13(5-2)18-15-11-8-7-10-14(15)17-6-3/h7-8,10-13,16H,4-6,9H2,1-3H3. The number of rotatable bonds is 8. The predicted octanol–water partition coefficient (Wildman–Crippen LogP) is 3.40. The second-order valence-corrected chi connectivity index (χ2v) is 4.30. The molecular formula is C15H24O3. The van der Waals surface area contributed by atoms with Crippen molar-refractivity contribution in [3.8, 4) is 11.5 Å². The topological polar surface area (TPSA) is 38.7 Å². The Labute approximate surface area is 110 Å². The van der Waals surface area contributed by atoms with Gasteiger partial charge in [0.05, 0.1) is 12.7 Å². The molecule has 1 rings (SSSR count). The molecule has 18 heavy (non-hydrogen) atoms. The minimum Gasteiger partial charge on any atom is -0.490 e. The van der Waals surface area contributed by atoms with Gasteiger partial charge < -0.3 is 14.6 Å². The van der Waals surface area contributed by atoms with Crippen LogP contribution in [0.4, 0.5) is 0 Å². The van der Waals surface area contributed by atoms with Crippen LogP contribution in [0.1, 0.15) is 40.0 Å². The van der Waals surface area contributed by atoms with E-state index in [1.54, 1.807) is 0 Å². The quantitative estimate of drug-likeness (QED) is 0.770. The van der Waals surface area contributed by atoms with Crippen LogP contribution in [0.25, 0.3) is 0 Å². The van der Waals surface area contributed by atoms with Gasteiger partial charge in [0.1, 0.15) is 6.10 Å². The molecule has 3 nitrogen and oxygen atoms in total. The summed E-state index contributed by atoms with van der Waals surface area (Å²) in [5.74, 6) is 1.45. The van der Waals surface area contributed by atoms with Crippen molar-refractivity contribution in [2.24, 2.45) is 0 Å². The molecular weight excluding hydrogens is 228 g/mol. The largest absolute Gasteiger partial charge is 0.490 e. The Hall–Kier alpha value is -1.22. The van der Waals surface area contributed by atoms with Gasteiger partial charge in [-0.05, 0) is 31.9 Å². The van der Waals surface area contributed by atoms with Gasteiger partial charge in [-0.1, -0.05) is 32.4 Å². The van der Waals surface area contributed by atoms with Crippen LogP contribution >= 0.6 is 0 Å². The van der Waals surface area contributed by atoms with Gasteiger partial charge in [0.25, 0.3) is 0 Å². The van der Waals surface area contributed by atoms with E-state index in [2.05, 4.69) is 6.92 Å². The van der Waals surface area contributed by atoms with Crippen LogP contribution in [0.3, 0.4) is 0 Å². The lowest BCUT2D eigenvalue weighted by molar-refractivity contribution is 0.0267. The predicted molar refractivity (Wildman–Crippen MR) is 73.2 cm³/mol. The molecule has 0 saturated carbocycles. The highest BCUT2D eigenvalue weighted by Crippen LogP contribution is 2.28. The van der Waals surface area contributed by atoms with E-state index in [9.17, 15) is 5.11 Å². The summed E-state index contributed by atoms with van der Waals surface area (Å²) in [5.41, 5.74) is 0. The van der Waals surface area contributed by atoms with E-state index in [4.69, 9.17) is 9.47 Å². The van der Waals surface area contributed by atoms with Crippen LogP contribution < -0.4 is 9.47 Å². The van der Waals surface area contributed by atoms with Gasteiger partial charge in [0.15, 0.2) is 11.5 Å². The second-order valence-electron chi connectivity index (χ2n) is 4.30. The van der Waals surface area contributed by atoms with Gasteiger partial charge >= 0.3 is 0 Å². The fraction of sp³-hybridized carbons (Fsp3) is 0.600. The molecule has 0 heterocycles. The number of hydrogen-bond donors (Lipinski definition) is 1. The summed E-state index contributed by atoms with van der Waals surface area (Å²) in [6, 6.07) is 7.60. The summed E-state index contributed by atoms with van der Waals surface area (Å²) in [5, 5.41) is 10.0. The number of ether oxygens (including phenoxy) is 2. The Balaban J connectivity index is 2.74. The number of aliphatic hydroxyl groups is 1. The number of aliphatic hydroxyl groups excluding tert-OH is 1. The molecule has 0 saturated heterocycles. The highest BCUT2D eigenvalue weighted by atomic mass is 16.5. The molecule has 0 amide bonds. The highest BCUT2D eigenvalue weighted by Gasteiger charge is 2.19. The molecule has 1 N–H and O–H groups in total. The van der Waals surface area contributed by atoms with E-state index >= 15 is 0 Å². The maximum absolute atomic E-state index is 10.0. The molecule has 0 fully saturated rings. The zero-order valence-electron chi connectivity index (χ0n) is 11.6. The van der Waals surface area contributed by atoms with E-state index < -0.39 is 6.10 Å². The van der Waals surface area contributed by atoms with Crippen molar-refractivity contribution < 1.29 is 14.6 Å². The number of benzene rings is 1. The summed E-state index contributed by atoms with van der Waals surface area (Å²) >= 11 is 0. The van der Waals surface area contributed by atoms with Crippen molar-refractivity contribution in [3.05, 3.63) is 24.3 Å². The van der Waals surface area contributed by atoms with Crippen LogP contribution in [0.5, 0.6) is 11.5 Å². The Morgan fingerprint density at radius 2 is 1.78 bits per heavy atom. The molecule has 0 bridgehead atoms. The maximum Gasteiger partial charge on any atom is 0.161 e. The van der Waals surface area contributed by atoms with Gasteiger partial charge in [-0.25, -0.2) is 0 Å². The van der Waals surface area contributed by atoms with E-state index in [1.165, 1.54) is 0 Å². The average molecular weight is 252 g/mol. The SMILES string of the molecule is CCCC(O)C(CC)Oc1ccccc1OCC. The van der Waals surface area contributed by atoms with Crippen molar-refractivity contribution in [1.82, 2.24) is 0 Å². The van der Waals surface area contributed by atoms with Crippen molar-refractivity contribution >= 4 is 0 Å². The second kappa shape index (κ2) is 7.98. The van der Waals surface area contributed by atoms with Gasteiger partial charge in [0, 0.05) is 0 Å². The van der Waals surface area contributed by atoms with Crippen LogP contribution in [0.15, 0.2) is 24.3 Å². The molecule has 0 aliphatic rings. The van der Waals surface area contributed by atoms with Crippen LogP contribution in [0.2, 0.25) is 0 Å². The normalized spacial score (nSPS) is 14.0. The van der Waals surface area contributed by atoms with Crippen molar-refractivity contribution in [2.45, 2.75) is 52.2 Å². The van der Waals surface area contributed by atoms with Crippen LogP contribution in [-0.4, -0.2) is 23.9 Å². The first-order valence-corrected chi connectivity index (χ1v) is 6.79. The molecule has 0 aliphatic heterocycles. The Kier molecular flexibility index (Phi) is 6.58. The fourth-order valence-electron chi connectivity index (χ4n) is 1.90. The smallest absolute Gasteiger partial charge is 0.161 e. The Bertz CT molecular complexity index is 338. The minimum absolute atomic E-state index is 0.174. The van der Waals surface area contributed by atoms with E-state index in [0.29, 0.717) is 12.4 Å². The van der Waals surface area contributed by atoms with Crippen LogP contribution in [-0.2, 0) is 0 Å². The Morgan fingerprint density at radius 3 is 2.33 bits per heavy atom. The number of hydrogen-bond acceptors (Lipinski definition) is 3. The zero-order chi connectivity index (χ0) is 13.4. The molecule has 2 unspecified atom stereocenters. The lowest BCUT2D eigenvalue weighted by Crippen LogP contribution is -2.31. The molecule has 0 radical (unpaired) electrons. The fourth-order valence-corrected chi connectivity index (χ4v) is 1.90. The van der Waals surface area contributed by atoms with Gasteiger partial charge in [0.2, 0.25) is 0 Å². The maximum atomic E-state index is 10.0. The van der Waals surface area contributed by atoms with Crippen molar-refractivity contribution in [1.29, 1.82) is 0 Å². The lowest BCUT2D eigenvalue weighted by Gasteiger charge is -2.24. The molecule has 0 aromatic heterocycles.